The van der Waals surface area contributed by atoms with E-state index in [1.807, 2.05) is 13.8 Å². The van der Waals surface area contributed by atoms with Crippen LogP contribution in [0.3, 0.4) is 0 Å². The van der Waals surface area contributed by atoms with Crippen LogP contribution < -0.4 is 0 Å². The summed E-state index contributed by atoms with van der Waals surface area (Å²) in [6.45, 7) is 5.75. The molecule has 0 unspecified atom stereocenters. The Balaban J connectivity index is 2.32. The van der Waals surface area contributed by atoms with Crippen LogP contribution in [0.25, 0.3) is 0 Å². The number of aliphatic hydroxyl groups is 4. The molecule has 4 heteroatoms. The highest BCUT2D eigenvalue weighted by atomic mass is 16.3. The van der Waals surface area contributed by atoms with Gasteiger partial charge in [0, 0.05) is 17.9 Å². The Morgan fingerprint density at radius 3 is 2.37 bits per heavy atom. The smallest absolute Gasteiger partial charge is 0.0679 e. The van der Waals surface area contributed by atoms with Crippen LogP contribution in [0.15, 0.2) is 0 Å². The molecule has 2 saturated carbocycles. The molecule has 2 aliphatic carbocycles. The molecule has 2 fully saturated rings. The van der Waals surface area contributed by atoms with Crippen molar-refractivity contribution in [1.82, 2.24) is 0 Å². The van der Waals surface area contributed by atoms with E-state index in [0.29, 0.717) is 12.8 Å². The van der Waals surface area contributed by atoms with E-state index in [2.05, 4.69) is 0 Å². The van der Waals surface area contributed by atoms with Crippen LogP contribution in [0.4, 0.5) is 0 Å². The average Bonchev–Trinajstić information content (AvgIpc) is 2.33. The predicted molar refractivity (Wildman–Crippen MR) is 72.4 cm³/mol. The van der Waals surface area contributed by atoms with Crippen LogP contribution in [0.1, 0.15) is 46.5 Å². The number of hydrogen-bond acceptors (Lipinski definition) is 4. The zero-order valence-corrected chi connectivity index (χ0v) is 12.2. The lowest BCUT2D eigenvalue weighted by Gasteiger charge is -2.58. The zero-order valence-electron chi connectivity index (χ0n) is 12.2. The number of hydrogen-bond donors (Lipinski definition) is 4. The van der Waals surface area contributed by atoms with Crippen molar-refractivity contribution in [2.75, 3.05) is 6.61 Å². The van der Waals surface area contributed by atoms with E-state index in [1.165, 1.54) is 0 Å². The molecule has 2 aliphatic rings. The molecular formula is C15H28O4. The van der Waals surface area contributed by atoms with Crippen LogP contribution in [0, 0.1) is 23.2 Å². The maximum Gasteiger partial charge on any atom is 0.0679 e. The second kappa shape index (κ2) is 4.99. The first kappa shape index (κ1) is 15.2. The van der Waals surface area contributed by atoms with Gasteiger partial charge in [0.15, 0.2) is 0 Å². The van der Waals surface area contributed by atoms with Crippen molar-refractivity contribution < 1.29 is 20.4 Å². The first-order chi connectivity index (χ1) is 8.74. The minimum absolute atomic E-state index is 0.000139. The van der Waals surface area contributed by atoms with E-state index in [-0.39, 0.29) is 24.4 Å². The molecule has 0 aromatic carbocycles. The maximum absolute atomic E-state index is 10.7. The summed E-state index contributed by atoms with van der Waals surface area (Å²) >= 11 is 0. The molecule has 7 atom stereocenters. The molecule has 0 bridgehead atoms. The van der Waals surface area contributed by atoms with Gasteiger partial charge in [-0.3, -0.25) is 0 Å². The Kier molecular flexibility index (Phi) is 4.00. The number of rotatable bonds is 2. The van der Waals surface area contributed by atoms with E-state index >= 15 is 0 Å². The summed E-state index contributed by atoms with van der Waals surface area (Å²) in [6.07, 6.45) is 1.58. The molecule has 4 nitrogen and oxygen atoms in total. The topological polar surface area (TPSA) is 80.9 Å². The summed E-state index contributed by atoms with van der Waals surface area (Å²) in [5.74, 6) is -0.300. The van der Waals surface area contributed by atoms with Gasteiger partial charge in [0.2, 0.25) is 0 Å². The fourth-order valence-corrected chi connectivity index (χ4v) is 4.56. The first-order valence-corrected chi connectivity index (χ1v) is 7.43. The summed E-state index contributed by atoms with van der Waals surface area (Å²) in [5.41, 5.74) is -1.37. The third-order valence-electron chi connectivity index (χ3n) is 5.88. The Bertz CT molecular complexity index is 330. The molecule has 0 heterocycles. The standard InChI is InChI=1S/C15H28O4/c1-9(8-16)10-4-6-14(2)11(17)5-7-15(3,19)13(14)12(10)18/h9-13,16-19H,4-8H2,1-3H3/t9-,10-,11+,12+,13+,14-,15-/m0/s1. The summed E-state index contributed by atoms with van der Waals surface area (Å²) < 4.78 is 0. The normalized spacial score (nSPS) is 52.6. The molecule has 0 aromatic heterocycles. The van der Waals surface area contributed by atoms with Crippen molar-refractivity contribution in [2.24, 2.45) is 23.2 Å². The van der Waals surface area contributed by atoms with Crippen LogP contribution in [0.2, 0.25) is 0 Å². The fourth-order valence-electron chi connectivity index (χ4n) is 4.56. The lowest BCUT2D eigenvalue weighted by Crippen LogP contribution is -2.63. The summed E-state index contributed by atoms with van der Waals surface area (Å²) in [7, 11) is 0. The van der Waals surface area contributed by atoms with Gasteiger partial charge in [-0.15, -0.1) is 0 Å². The molecule has 2 rings (SSSR count). The van der Waals surface area contributed by atoms with Gasteiger partial charge in [0.1, 0.15) is 0 Å². The molecule has 112 valence electrons. The van der Waals surface area contributed by atoms with Crippen LogP contribution in [-0.4, -0.2) is 44.8 Å². The van der Waals surface area contributed by atoms with E-state index in [0.717, 1.165) is 12.8 Å². The quantitative estimate of drug-likeness (QED) is 0.602. The van der Waals surface area contributed by atoms with Crippen molar-refractivity contribution in [2.45, 2.75) is 64.3 Å². The molecule has 0 saturated heterocycles. The summed E-state index contributed by atoms with van der Waals surface area (Å²) in [6, 6.07) is 0. The van der Waals surface area contributed by atoms with Gasteiger partial charge < -0.3 is 20.4 Å². The second-order valence-electron chi connectivity index (χ2n) is 7.25. The summed E-state index contributed by atoms with van der Waals surface area (Å²) in [5, 5.41) is 41.0. The van der Waals surface area contributed by atoms with Gasteiger partial charge in [0.25, 0.3) is 0 Å². The minimum atomic E-state index is -0.943. The lowest BCUT2D eigenvalue weighted by atomic mass is 9.50. The molecule has 0 spiro atoms. The SMILES string of the molecule is C[C@@H](CO)[C@@H]1CC[C@@]2(C)[C@H](O)CC[C@](C)(O)[C@@H]2[C@@H]1O. The van der Waals surface area contributed by atoms with Gasteiger partial charge in [-0.1, -0.05) is 13.8 Å². The Hall–Kier alpha value is -0.160. The second-order valence-corrected chi connectivity index (χ2v) is 7.25. The largest absolute Gasteiger partial charge is 0.396 e. The number of aliphatic hydroxyl groups excluding tert-OH is 3. The van der Waals surface area contributed by atoms with Gasteiger partial charge in [-0.2, -0.15) is 0 Å². The predicted octanol–water partition coefficient (Wildman–Crippen LogP) is 0.914. The molecule has 0 radical (unpaired) electrons. The van der Waals surface area contributed by atoms with E-state index in [9.17, 15) is 20.4 Å². The highest BCUT2D eigenvalue weighted by Crippen LogP contribution is 2.56. The third-order valence-corrected chi connectivity index (χ3v) is 5.88. The van der Waals surface area contributed by atoms with Gasteiger partial charge in [0.05, 0.1) is 17.8 Å². The van der Waals surface area contributed by atoms with E-state index in [1.54, 1.807) is 6.92 Å². The van der Waals surface area contributed by atoms with Gasteiger partial charge >= 0.3 is 0 Å². The highest BCUT2D eigenvalue weighted by molar-refractivity contribution is 5.09. The molecule has 19 heavy (non-hydrogen) atoms. The summed E-state index contributed by atoms with van der Waals surface area (Å²) in [4.78, 5) is 0. The monoisotopic (exact) mass is 272 g/mol. The van der Waals surface area contributed by atoms with Crippen molar-refractivity contribution in [1.29, 1.82) is 0 Å². The Labute approximate surface area is 115 Å². The number of fused-ring (bicyclic) bond motifs is 1. The molecule has 4 N–H and O–H groups in total. The van der Waals surface area contributed by atoms with Crippen LogP contribution >= 0.6 is 0 Å². The first-order valence-electron chi connectivity index (χ1n) is 7.43. The Morgan fingerprint density at radius 2 is 1.79 bits per heavy atom. The van der Waals surface area contributed by atoms with E-state index in [4.69, 9.17) is 0 Å². The van der Waals surface area contributed by atoms with Crippen LogP contribution in [-0.2, 0) is 0 Å². The molecule has 0 aromatic rings. The van der Waals surface area contributed by atoms with Crippen LogP contribution in [0.5, 0.6) is 0 Å². The molecule has 0 aliphatic heterocycles. The third kappa shape index (κ3) is 2.33. The maximum atomic E-state index is 10.7. The van der Waals surface area contributed by atoms with Crippen molar-refractivity contribution in [3.63, 3.8) is 0 Å². The highest BCUT2D eigenvalue weighted by Gasteiger charge is 2.59. The average molecular weight is 272 g/mol. The van der Waals surface area contributed by atoms with Crippen molar-refractivity contribution >= 4 is 0 Å². The van der Waals surface area contributed by atoms with Crippen molar-refractivity contribution in [3.05, 3.63) is 0 Å². The minimum Gasteiger partial charge on any atom is -0.396 e. The zero-order chi connectivity index (χ0) is 14.4. The lowest BCUT2D eigenvalue weighted by molar-refractivity contribution is -0.221. The van der Waals surface area contributed by atoms with Crippen molar-refractivity contribution in [3.8, 4) is 0 Å². The fraction of sp³-hybridized carbons (Fsp3) is 1.00. The molecular weight excluding hydrogens is 244 g/mol. The van der Waals surface area contributed by atoms with Gasteiger partial charge in [-0.25, -0.2) is 0 Å². The van der Waals surface area contributed by atoms with Gasteiger partial charge in [-0.05, 0) is 44.4 Å². The molecule has 0 amide bonds. The Morgan fingerprint density at radius 1 is 1.16 bits per heavy atom. The van der Waals surface area contributed by atoms with E-state index < -0.39 is 23.2 Å².